The van der Waals surface area contributed by atoms with Gasteiger partial charge in [0.05, 0.1) is 22.7 Å². The van der Waals surface area contributed by atoms with Gasteiger partial charge in [-0.3, -0.25) is 0 Å². The maximum Gasteiger partial charge on any atom is 0.433 e. The number of anilines is 4. The lowest BCUT2D eigenvalue weighted by Crippen LogP contribution is -2.51. The van der Waals surface area contributed by atoms with E-state index in [1.165, 1.54) is 0 Å². The molecule has 0 saturated heterocycles. The highest BCUT2D eigenvalue weighted by Crippen LogP contribution is 2.57. The van der Waals surface area contributed by atoms with Gasteiger partial charge in [-0.2, -0.15) is 22.0 Å². The summed E-state index contributed by atoms with van der Waals surface area (Å²) in [5.41, 5.74) is 3.92. The Morgan fingerprint density at radius 3 is 1.52 bits per heavy atom. The van der Waals surface area contributed by atoms with Crippen LogP contribution in [0.5, 0.6) is 0 Å². The van der Waals surface area contributed by atoms with Gasteiger partial charge in [-0.05, 0) is 37.1 Å². The van der Waals surface area contributed by atoms with Crippen LogP contribution in [0.25, 0.3) is 0 Å². The summed E-state index contributed by atoms with van der Waals surface area (Å²) in [7, 11) is 0. The minimum Gasteiger partial charge on any atom is -0.397 e. The second-order valence-electron chi connectivity index (χ2n) is 7.19. The van der Waals surface area contributed by atoms with Gasteiger partial charge in [0, 0.05) is 24.2 Å². The van der Waals surface area contributed by atoms with Crippen LogP contribution in [-0.4, -0.2) is 19.3 Å². The average molecular weight is 448 g/mol. The molecule has 0 aliphatic heterocycles. The Morgan fingerprint density at radius 2 is 1.13 bits per heavy atom. The van der Waals surface area contributed by atoms with Crippen molar-refractivity contribution in [1.82, 2.24) is 0 Å². The monoisotopic (exact) mass is 448 g/mol. The van der Waals surface area contributed by atoms with E-state index in [1.807, 2.05) is 13.8 Å². The molecule has 0 heterocycles. The molecule has 0 spiro atoms. The summed E-state index contributed by atoms with van der Waals surface area (Å²) in [6.45, 7) is 4.65. The Balaban J connectivity index is 2.57. The lowest BCUT2D eigenvalue weighted by atomic mass is 9.83. The third-order valence-electron chi connectivity index (χ3n) is 4.82. The van der Waals surface area contributed by atoms with Crippen molar-refractivity contribution in [2.24, 2.45) is 0 Å². The molecule has 0 saturated carbocycles. The molecule has 0 aliphatic rings. The van der Waals surface area contributed by atoms with Gasteiger partial charge in [0.25, 0.3) is 5.67 Å². The Morgan fingerprint density at radius 1 is 0.710 bits per heavy atom. The van der Waals surface area contributed by atoms with Gasteiger partial charge < -0.3 is 22.1 Å². The van der Waals surface area contributed by atoms with Crippen molar-refractivity contribution in [2.45, 2.75) is 44.5 Å². The summed E-state index contributed by atoms with van der Waals surface area (Å²) in [6.07, 6.45) is -4.53. The Hall–Kier alpha value is -2.78. The van der Waals surface area contributed by atoms with Gasteiger partial charge in [-0.25, -0.2) is 4.39 Å². The van der Waals surface area contributed by atoms with Crippen LogP contribution in [0.1, 0.15) is 37.8 Å². The zero-order chi connectivity index (χ0) is 23.4. The fourth-order valence-electron chi connectivity index (χ4n) is 3.10. The molecule has 0 aliphatic carbocycles. The van der Waals surface area contributed by atoms with Crippen molar-refractivity contribution in [1.29, 1.82) is 0 Å². The summed E-state index contributed by atoms with van der Waals surface area (Å²) >= 11 is 0. The van der Waals surface area contributed by atoms with Gasteiger partial charge in [-0.15, -0.1) is 0 Å². The highest BCUT2D eigenvalue weighted by atomic mass is 19.4. The zero-order valence-electron chi connectivity index (χ0n) is 17.2. The maximum atomic E-state index is 15.5. The minimum absolute atomic E-state index is 0.214. The number of nitrogen functional groups attached to an aromatic ring is 2. The van der Waals surface area contributed by atoms with E-state index >= 15 is 13.2 Å². The van der Waals surface area contributed by atoms with Gasteiger partial charge >= 0.3 is 12.1 Å². The van der Waals surface area contributed by atoms with E-state index in [0.29, 0.717) is 44.1 Å². The normalized spacial score (nSPS) is 14.2. The van der Waals surface area contributed by atoms with Gasteiger partial charge in [0.2, 0.25) is 0 Å². The first-order valence-corrected chi connectivity index (χ1v) is 9.81. The van der Waals surface area contributed by atoms with Crippen LogP contribution < -0.4 is 22.1 Å². The summed E-state index contributed by atoms with van der Waals surface area (Å²) in [4.78, 5) is 0. The summed E-state index contributed by atoms with van der Waals surface area (Å²) in [5, 5.41) is 5.70. The summed E-state index contributed by atoms with van der Waals surface area (Å²) in [5.74, 6) is -4.98. The molecule has 10 heteroatoms. The molecule has 0 aromatic heterocycles. The first-order chi connectivity index (χ1) is 14.4. The number of halogens is 6. The molecule has 4 nitrogen and oxygen atoms in total. The predicted molar refractivity (Wildman–Crippen MR) is 112 cm³/mol. The van der Waals surface area contributed by atoms with E-state index in [9.17, 15) is 13.2 Å². The van der Waals surface area contributed by atoms with Crippen LogP contribution in [0.4, 0.5) is 49.1 Å². The molecule has 2 rings (SSSR count). The fourth-order valence-corrected chi connectivity index (χ4v) is 3.10. The molecule has 2 aromatic carbocycles. The topological polar surface area (TPSA) is 76.1 Å². The van der Waals surface area contributed by atoms with Crippen LogP contribution >= 0.6 is 0 Å². The predicted octanol–water partition coefficient (Wildman–Crippen LogP) is 6.01. The van der Waals surface area contributed by atoms with Crippen molar-refractivity contribution in [3.63, 3.8) is 0 Å². The SMILES string of the molecule is CCCNc1ccc(C(F)(F)C(F)(c2ccc(NCCC)c(N)c2)C(F)(F)F)cc1N. The number of hydrogen-bond acceptors (Lipinski definition) is 4. The molecule has 1 atom stereocenters. The molecular weight excluding hydrogens is 422 g/mol. The molecule has 1 unspecified atom stereocenters. The van der Waals surface area contributed by atoms with Gasteiger partial charge in [0.1, 0.15) is 0 Å². The second-order valence-corrected chi connectivity index (χ2v) is 7.19. The molecule has 172 valence electrons. The van der Waals surface area contributed by atoms with E-state index in [0.717, 1.165) is 18.2 Å². The van der Waals surface area contributed by atoms with E-state index < -0.39 is 28.9 Å². The number of nitrogens with one attached hydrogen (secondary N) is 2. The highest BCUT2D eigenvalue weighted by molar-refractivity contribution is 5.69. The molecule has 2 aromatic rings. The molecule has 0 radical (unpaired) electrons. The third-order valence-corrected chi connectivity index (χ3v) is 4.82. The van der Waals surface area contributed by atoms with Crippen LogP contribution in [0, 0.1) is 0 Å². The smallest absolute Gasteiger partial charge is 0.397 e. The quantitative estimate of drug-likeness (QED) is 0.280. The Kier molecular flexibility index (Phi) is 7.23. The minimum atomic E-state index is -5.94. The van der Waals surface area contributed by atoms with Crippen LogP contribution in [-0.2, 0) is 11.6 Å². The number of rotatable bonds is 9. The zero-order valence-corrected chi connectivity index (χ0v) is 17.2. The first-order valence-electron chi connectivity index (χ1n) is 9.81. The lowest BCUT2D eigenvalue weighted by molar-refractivity contribution is -0.314. The number of nitrogens with two attached hydrogens (primary N) is 2. The van der Waals surface area contributed by atoms with Crippen molar-refractivity contribution >= 4 is 22.7 Å². The van der Waals surface area contributed by atoms with Crippen molar-refractivity contribution in [3.8, 4) is 0 Å². The van der Waals surface area contributed by atoms with Crippen LogP contribution in [0.15, 0.2) is 36.4 Å². The largest absolute Gasteiger partial charge is 0.433 e. The van der Waals surface area contributed by atoms with E-state index in [4.69, 9.17) is 11.5 Å². The summed E-state index contributed by atoms with van der Waals surface area (Å²) < 4.78 is 87.2. The van der Waals surface area contributed by atoms with E-state index in [2.05, 4.69) is 10.6 Å². The Bertz CT molecular complexity index is 900. The average Bonchev–Trinajstić information content (AvgIpc) is 2.70. The van der Waals surface area contributed by atoms with Crippen molar-refractivity contribution in [3.05, 3.63) is 47.5 Å². The molecule has 31 heavy (non-hydrogen) atoms. The highest BCUT2D eigenvalue weighted by Gasteiger charge is 2.72. The van der Waals surface area contributed by atoms with E-state index in [-0.39, 0.29) is 22.7 Å². The van der Waals surface area contributed by atoms with Crippen molar-refractivity contribution < 1.29 is 26.3 Å². The molecule has 6 N–H and O–H groups in total. The molecular formula is C21H26F6N4. The number of benzene rings is 2. The fraction of sp³-hybridized carbons (Fsp3) is 0.429. The second kappa shape index (κ2) is 9.15. The van der Waals surface area contributed by atoms with Gasteiger partial charge in [0.15, 0.2) is 0 Å². The summed E-state index contributed by atoms with van der Waals surface area (Å²) in [6, 6.07) is 4.80. The van der Waals surface area contributed by atoms with Crippen LogP contribution in [0.2, 0.25) is 0 Å². The lowest BCUT2D eigenvalue weighted by Gasteiger charge is -2.36. The van der Waals surface area contributed by atoms with Crippen molar-refractivity contribution in [2.75, 3.05) is 35.2 Å². The number of hydrogen-bond donors (Lipinski definition) is 4. The van der Waals surface area contributed by atoms with Gasteiger partial charge in [-0.1, -0.05) is 26.0 Å². The maximum absolute atomic E-state index is 15.5. The standard InChI is InChI=1S/C21H26F6N4/c1-3-9-30-17-7-5-13(11-15(17)28)19(22,21(25,26)27)20(23,24)14-6-8-18(16(29)12-14)31-10-4-2/h5-8,11-12,30-31H,3-4,9-10,28-29H2,1-2H3. The Labute approximate surface area is 177 Å². The molecule has 0 bridgehead atoms. The molecule has 0 fully saturated rings. The first kappa shape index (κ1) is 24.5. The number of alkyl halides is 6. The third kappa shape index (κ3) is 4.62. The molecule has 0 amide bonds. The van der Waals surface area contributed by atoms with Crippen LogP contribution in [0.3, 0.4) is 0 Å². The van der Waals surface area contributed by atoms with E-state index in [1.54, 1.807) is 0 Å².